The molecule has 0 radical (unpaired) electrons. The standard InChI is InChI=1S/C13H27N3/c1-13(5-3-4-6-13)14-7-8-16-11-9-15(2)10-12-16/h14H,3-12H2,1-2H3. The van der Waals surface area contributed by atoms with Crippen LogP contribution in [0.25, 0.3) is 0 Å². The molecule has 0 aromatic carbocycles. The second kappa shape index (κ2) is 5.48. The number of nitrogens with one attached hydrogen (secondary N) is 1. The quantitative estimate of drug-likeness (QED) is 0.774. The Balaban J connectivity index is 1.61. The molecule has 3 heteroatoms. The molecule has 1 aliphatic carbocycles. The number of piperazine rings is 1. The Bertz CT molecular complexity index is 203. The third-order valence-corrected chi connectivity index (χ3v) is 4.28. The van der Waals surface area contributed by atoms with Crippen LogP contribution >= 0.6 is 0 Å². The normalized spacial score (nSPS) is 27.4. The molecule has 2 rings (SSSR count). The van der Waals surface area contributed by atoms with Gasteiger partial charge in [0, 0.05) is 44.8 Å². The van der Waals surface area contributed by atoms with Crippen LogP contribution in [0.1, 0.15) is 32.6 Å². The molecule has 1 saturated heterocycles. The molecule has 0 bridgehead atoms. The Hall–Kier alpha value is -0.120. The van der Waals surface area contributed by atoms with Gasteiger partial charge in [-0.15, -0.1) is 0 Å². The van der Waals surface area contributed by atoms with Crippen LogP contribution in [0.5, 0.6) is 0 Å². The first-order valence-corrected chi connectivity index (χ1v) is 6.84. The van der Waals surface area contributed by atoms with Crippen molar-refractivity contribution >= 4 is 0 Å². The van der Waals surface area contributed by atoms with Crippen molar-refractivity contribution in [1.29, 1.82) is 0 Å². The highest BCUT2D eigenvalue weighted by Gasteiger charge is 2.27. The van der Waals surface area contributed by atoms with Gasteiger partial charge in [-0.3, -0.25) is 4.90 Å². The molecule has 2 aliphatic rings. The van der Waals surface area contributed by atoms with Gasteiger partial charge < -0.3 is 10.2 Å². The minimum absolute atomic E-state index is 0.451. The Morgan fingerprint density at radius 1 is 1.06 bits per heavy atom. The molecule has 0 unspecified atom stereocenters. The Labute approximate surface area is 100 Å². The van der Waals surface area contributed by atoms with Crippen LogP contribution in [0.3, 0.4) is 0 Å². The van der Waals surface area contributed by atoms with E-state index >= 15 is 0 Å². The maximum absolute atomic E-state index is 3.76. The first kappa shape index (κ1) is 12.3. The Morgan fingerprint density at radius 3 is 2.31 bits per heavy atom. The highest BCUT2D eigenvalue weighted by Crippen LogP contribution is 2.28. The lowest BCUT2D eigenvalue weighted by Crippen LogP contribution is -2.49. The fourth-order valence-corrected chi connectivity index (χ4v) is 2.92. The van der Waals surface area contributed by atoms with E-state index < -0.39 is 0 Å². The minimum Gasteiger partial charge on any atom is -0.310 e. The number of hydrogen-bond acceptors (Lipinski definition) is 3. The molecule has 3 nitrogen and oxygen atoms in total. The average Bonchev–Trinajstić information content (AvgIpc) is 2.69. The van der Waals surface area contributed by atoms with Crippen molar-refractivity contribution < 1.29 is 0 Å². The summed E-state index contributed by atoms with van der Waals surface area (Å²) in [6.45, 7) is 9.74. The van der Waals surface area contributed by atoms with Crippen LogP contribution in [0.15, 0.2) is 0 Å². The zero-order valence-corrected chi connectivity index (χ0v) is 11.0. The van der Waals surface area contributed by atoms with Crippen molar-refractivity contribution in [1.82, 2.24) is 15.1 Å². The molecular weight excluding hydrogens is 198 g/mol. The van der Waals surface area contributed by atoms with Gasteiger partial charge in [0.15, 0.2) is 0 Å². The van der Waals surface area contributed by atoms with Crippen molar-refractivity contribution in [3.63, 3.8) is 0 Å². The summed E-state index contributed by atoms with van der Waals surface area (Å²) in [6, 6.07) is 0. The van der Waals surface area contributed by atoms with E-state index in [0.717, 1.165) is 0 Å². The van der Waals surface area contributed by atoms with E-state index in [2.05, 4.69) is 29.1 Å². The molecule has 1 heterocycles. The first-order valence-electron chi connectivity index (χ1n) is 6.84. The molecule has 1 saturated carbocycles. The van der Waals surface area contributed by atoms with E-state index in [9.17, 15) is 0 Å². The molecule has 16 heavy (non-hydrogen) atoms. The molecule has 0 aromatic rings. The van der Waals surface area contributed by atoms with E-state index in [1.165, 1.54) is 65.0 Å². The average molecular weight is 225 g/mol. The summed E-state index contributed by atoms with van der Waals surface area (Å²) in [7, 11) is 2.22. The van der Waals surface area contributed by atoms with Gasteiger partial charge in [-0.05, 0) is 26.8 Å². The van der Waals surface area contributed by atoms with Crippen molar-refractivity contribution in [2.45, 2.75) is 38.1 Å². The largest absolute Gasteiger partial charge is 0.310 e. The van der Waals surface area contributed by atoms with Crippen LogP contribution in [-0.4, -0.2) is 61.7 Å². The zero-order chi connectivity index (χ0) is 11.4. The van der Waals surface area contributed by atoms with Gasteiger partial charge >= 0.3 is 0 Å². The lowest BCUT2D eigenvalue weighted by molar-refractivity contribution is 0.151. The summed E-state index contributed by atoms with van der Waals surface area (Å²) >= 11 is 0. The lowest BCUT2D eigenvalue weighted by atomic mass is 10.0. The van der Waals surface area contributed by atoms with Gasteiger partial charge in [-0.25, -0.2) is 0 Å². The van der Waals surface area contributed by atoms with E-state index in [1.54, 1.807) is 0 Å². The monoisotopic (exact) mass is 225 g/mol. The van der Waals surface area contributed by atoms with Crippen molar-refractivity contribution in [3.05, 3.63) is 0 Å². The first-order chi connectivity index (χ1) is 7.68. The van der Waals surface area contributed by atoms with Crippen LogP contribution in [0, 0.1) is 0 Å². The summed E-state index contributed by atoms with van der Waals surface area (Å²) in [4.78, 5) is 5.01. The zero-order valence-electron chi connectivity index (χ0n) is 11.0. The smallest absolute Gasteiger partial charge is 0.0153 e. The third kappa shape index (κ3) is 3.44. The van der Waals surface area contributed by atoms with Crippen LogP contribution in [0.4, 0.5) is 0 Å². The van der Waals surface area contributed by atoms with E-state index in [-0.39, 0.29) is 0 Å². The third-order valence-electron chi connectivity index (χ3n) is 4.28. The summed E-state index contributed by atoms with van der Waals surface area (Å²) in [5, 5.41) is 3.76. The van der Waals surface area contributed by atoms with E-state index in [4.69, 9.17) is 0 Å². The Morgan fingerprint density at radius 2 is 1.69 bits per heavy atom. The van der Waals surface area contributed by atoms with Crippen LogP contribution < -0.4 is 5.32 Å². The van der Waals surface area contributed by atoms with Gasteiger partial charge in [0.1, 0.15) is 0 Å². The predicted molar refractivity (Wildman–Crippen MR) is 68.8 cm³/mol. The molecule has 94 valence electrons. The molecular formula is C13H27N3. The highest BCUT2D eigenvalue weighted by atomic mass is 15.2. The second-order valence-electron chi connectivity index (χ2n) is 5.84. The van der Waals surface area contributed by atoms with E-state index in [0.29, 0.717) is 5.54 Å². The predicted octanol–water partition coefficient (Wildman–Crippen LogP) is 1.16. The molecule has 2 fully saturated rings. The van der Waals surface area contributed by atoms with Crippen molar-refractivity contribution in [2.24, 2.45) is 0 Å². The van der Waals surface area contributed by atoms with Gasteiger partial charge in [0.2, 0.25) is 0 Å². The maximum atomic E-state index is 3.76. The number of rotatable bonds is 4. The summed E-state index contributed by atoms with van der Waals surface area (Å²) in [5.41, 5.74) is 0.451. The van der Waals surface area contributed by atoms with Gasteiger partial charge in [0.05, 0.1) is 0 Å². The van der Waals surface area contributed by atoms with Crippen molar-refractivity contribution in [3.8, 4) is 0 Å². The minimum atomic E-state index is 0.451. The maximum Gasteiger partial charge on any atom is 0.0153 e. The van der Waals surface area contributed by atoms with Gasteiger partial charge in [-0.1, -0.05) is 12.8 Å². The molecule has 0 spiro atoms. The fraction of sp³-hybridized carbons (Fsp3) is 1.00. The molecule has 0 aromatic heterocycles. The molecule has 1 N–H and O–H groups in total. The lowest BCUT2D eigenvalue weighted by Gasteiger charge is -2.33. The van der Waals surface area contributed by atoms with Crippen LogP contribution in [0.2, 0.25) is 0 Å². The SMILES string of the molecule is CN1CCN(CCNC2(C)CCCC2)CC1. The molecule has 0 atom stereocenters. The second-order valence-corrected chi connectivity index (χ2v) is 5.84. The van der Waals surface area contributed by atoms with Crippen LogP contribution in [-0.2, 0) is 0 Å². The topological polar surface area (TPSA) is 18.5 Å². The number of hydrogen-bond donors (Lipinski definition) is 1. The van der Waals surface area contributed by atoms with Crippen molar-refractivity contribution in [2.75, 3.05) is 46.3 Å². The molecule has 1 aliphatic heterocycles. The number of likely N-dealkylation sites (N-methyl/N-ethyl adjacent to an activating group) is 1. The molecule has 0 amide bonds. The number of nitrogens with zero attached hydrogens (tertiary/aromatic N) is 2. The fourth-order valence-electron chi connectivity index (χ4n) is 2.92. The highest BCUT2D eigenvalue weighted by molar-refractivity contribution is 4.88. The van der Waals surface area contributed by atoms with Gasteiger partial charge in [-0.2, -0.15) is 0 Å². The summed E-state index contributed by atoms with van der Waals surface area (Å²) < 4.78 is 0. The summed E-state index contributed by atoms with van der Waals surface area (Å²) in [6.07, 6.45) is 5.57. The van der Waals surface area contributed by atoms with E-state index in [1.807, 2.05) is 0 Å². The Kier molecular flexibility index (Phi) is 4.22. The van der Waals surface area contributed by atoms with Gasteiger partial charge in [0.25, 0.3) is 0 Å². The summed E-state index contributed by atoms with van der Waals surface area (Å²) in [5.74, 6) is 0.